The first-order valence-corrected chi connectivity index (χ1v) is 7.09. The first-order chi connectivity index (χ1) is 9.25. The molecule has 4 unspecified atom stereocenters. The molecule has 3 rings (SSSR count). The summed E-state index contributed by atoms with van der Waals surface area (Å²) in [7, 11) is 0. The molecule has 0 aromatic rings. The molecule has 1 aliphatic carbocycles. The normalized spacial score (nSPS) is 45.1. The molecule has 2 bridgehead atoms. The Kier molecular flexibility index (Phi) is 2.51. The Hall–Kier alpha value is -1.57. The molecule has 0 spiro atoms. The summed E-state index contributed by atoms with van der Waals surface area (Å²) in [4.78, 5) is 25.0. The van der Waals surface area contributed by atoms with E-state index in [1.165, 1.54) is 0 Å². The van der Waals surface area contributed by atoms with Crippen molar-refractivity contribution in [2.75, 3.05) is 0 Å². The lowest BCUT2D eigenvalue weighted by Gasteiger charge is -2.59. The molecule has 2 heterocycles. The fourth-order valence-corrected chi connectivity index (χ4v) is 4.32. The SMILES string of the molecule is CC12CCC3C(C1)C(CC#N)(C(=O)O2)C(=O)OC3(C)C. The summed E-state index contributed by atoms with van der Waals surface area (Å²) in [5, 5.41) is 9.09. The number of ether oxygens (including phenoxy) is 2. The Morgan fingerprint density at radius 3 is 2.50 bits per heavy atom. The van der Waals surface area contributed by atoms with Gasteiger partial charge in [-0.3, -0.25) is 9.59 Å². The summed E-state index contributed by atoms with van der Waals surface area (Å²) in [5.41, 5.74) is -2.49. The first kappa shape index (κ1) is 13.4. The molecule has 2 saturated heterocycles. The van der Waals surface area contributed by atoms with Crippen LogP contribution in [0.4, 0.5) is 0 Å². The molecule has 3 aliphatic rings. The molecule has 108 valence electrons. The van der Waals surface area contributed by atoms with Crippen molar-refractivity contribution in [3.8, 4) is 6.07 Å². The Labute approximate surface area is 118 Å². The van der Waals surface area contributed by atoms with Gasteiger partial charge in [-0.05, 0) is 46.0 Å². The minimum Gasteiger partial charge on any atom is -0.458 e. The highest BCUT2D eigenvalue weighted by Gasteiger charge is 2.69. The van der Waals surface area contributed by atoms with Crippen molar-refractivity contribution in [3.63, 3.8) is 0 Å². The molecule has 5 nitrogen and oxygen atoms in total. The zero-order valence-corrected chi connectivity index (χ0v) is 12.1. The molecule has 20 heavy (non-hydrogen) atoms. The topological polar surface area (TPSA) is 76.4 Å². The molecule has 0 aromatic heterocycles. The first-order valence-electron chi connectivity index (χ1n) is 7.09. The van der Waals surface area contributed by atoms with Gasteiger partial charge in [-0.15, -0.1) is 0 Å². The van der Waals surface area contributed by atoms with Crippen molar-refractivity contribution in [1.82, 2.24) is 0 Å². The van der Waals surface area contributed by atoms with Crippen LogP contribution >= 0.6 is 0 Å². The molecule has 4 atom stereocenters. The number of nitriles is 1. The van der Waals surface area contributed by atoms with E-state index in [2.05, 4.69) is 0 Å². The number of nitrogens with zero attached hydrogens (tertiary/aromatic N) is 1. The lowest BCUT2D eigenvalue weighted by atomic mass is 9.53. The van der Waals surface area contributed by atoms with Gasteiger partial charge >= 0.3 is 11.9 Å². The van der Waals surface area contributed by atoms with Crippen LogP contribution in [0.2, 0.25) is 0 Å². The monoisotopic (exact) mass is 277 g/mol. The van der Waals surface area contributed by atoms with Crippen LogP contribution in [0.15, 0.2) is 0 Å². The van der Waals surface area contributed by atoms with E-state index in [0.29, 0.717) is 6.42 Å². The van der Waals surface area contributed by atoms with Gasteiger partial charge in [0, 0.05) is 5.92 Å². The van der Waals surface area contributed by atoms with E-state index in [0.717, 1.165) is 12.8 Å². The van der Waals surface area contributed by atoms with Crippen LogP contribution in [0.25, 0.3) is 0 Å². The van der Waals surface area contributed by atoms with Crippen molar-refractivity contribution in [3.05, 3.63) is 0 Å². The smallest absolute Gasteiger partial charge is 0.325 e. The zero-order chi connectivity index (χ0) is 14.8. The average molecular weight is 277 g/mol. The van der Waals surface area contributed by atoms with Crippen molar-refractivity contribution < 1.29 is 19.1 Å². The third-order valence-electron chi connectivity index (χ3n) is 5.43. The van der Waals surface area contributed by atoms with Gasteiger partial charge in [0.25, 0.3) is 0 Å². The largest absolute Gasteiger partial charge is 0.458 e. The maximum absolute atomic E-state index is 12.5. The van der Waals surface area contributed by atoms with E-state index in [1.807, 2.05) is 26.8 Å². The van der Waals surface area contributed by atoms with Crippen molar-refractivity contribution in [2.24, 2.45) is 17.3 Å². The molecule has 2 aliphatic heterocycles. The quantitative estimate of drug-likeness (QED) is 0.541. The van der Waals surface area contributed by atoms with Gasteiger partial charge in [0.05, 0.1) is 12.5 Å². The van der Waals surface area contributed by atoms with Gasteiger partial charge in [-0.2, -0.15) is 5.26 Å². The van der Waals surface area contributed by atoms with Gasteiger partial charge in [0.2, 0.25) is 0 Å². The highest BCUT2D eigenvalue weighted by Crippen LogP contribution is 2.60. The summed E-state index contributed by atoms with van der Waals surface area (Å²) in [6.07, 6.45) is 2.12. The van der Waals surface area contributed by atoms with Gasteiger partial charge in [-0.25, -0.2) is 0 Å². The van der Waals surface area contributed by atoms with Crippen molar-refractivity contribution in [2.45, 2.75) is 57.7 Å². The number of hydrogen-bond donors (Lipinski definition) is 0. The molecular weight excluding hydrogens is 258 g/mol. The molecule has 0 N–H and O–H groups in total. The molecule has 0 aromatic carbocycles. The van der Waals surface area contributed by atoms with E-state index in [4.69, 9.17) is 14.7 Å². The summed E-state index contributed by atoms with van der Waals surface area (Å²) in [5.74, 6) is -1.20. The van der Waals surface area contributed by atoms with E-state index in [-0.39, 0.29) is 18.3 Å². The molecule has 1 saturated carbocycles. The minimum absolute atomic E-state index is 0.106. The number of rotatable bonds is 1. The summed E-state index contributed by atoms with van der Waals surface area (Å²) in [6, 6.07) is 1.99. The Balaban J connectivity index is 2.14. The zero-order valence-electron chi connectivity index (χ0n) is 12.1. The van der Waals surface area contributed by atoms with Crippen molar-refractivity contribution >= 4 is 11.9 Å². The minimum atomic E-state index is -1.41. The summed E-state index contributed by atoms with van der Waals surface area (Å²) in [6.45, 7) is 5.72. The number of hydrogen-bond acceptors (Lipinski definition) is 5. The second-order valence-corrected chi connectivity index (χ2v) is 7.09. The Morgan fingerprint density at radius 1 is 1.20 bits per heavy atom. The van der Waals surface area contributed by atoms with Crippen molar-refractivity contribution in [1.29, 1.82) is 5.26 Å². The second-order valence-electron chi connectivity index (χ2n) is 7.09. The third kappa shape index (κ3) is 1.48. The lowest BCUT2D eigenvalue weighted by Crippen LogP contribution is -2.67. The third-order valence-corrected chi connectivity index (χ3v) is 5.43. The maximum atomic E-state index is 12.5. The van der Waals surface area contributed by atoms with Gasteiger partial charge < -0.3 is 9.47 Å². The van der Waals surface area contributed by atoms with Gasteiger partial charge in [0.15, 0.2) is 5.41 Å². The average Bonchev–Trinajstić information content (AvgIpc) is 2.31. The van der Waals surface area contributed by atoms with Gasteiger partial charge in [0.1, 0.15) is 11.2 Å². The second kappa shape index (κ2) is 3.75. The number of fused-ring (bicyclic) bond motifs is 1. The maximum Gasteiger partial charge on any atom is 0.325 e. The van der Waals surface area contributed by atoms with Gasteiger partial charge in [-0.1, -0.05) is 0 Å². The number of carbonyl (C=O) groups is 2. The molecule has 0 amide bonds. The van der Waals surface area contributed by atoms with Crippen LogP contribution in [-0.4, -0.2) is 23.1 Å². The number of esters is 2. The van der Waals surface area contributed by atoms with E-state index >= 15 is 0 Å². The fraction of sp³-hybridized carbons (Fsp3) is 0.800. The Bertz CT molecular complexity index is 524. The number of carbonyl (C=O) groups excluding carboxylic acids is 2. The Morgan fingerprint density at radius 2 is 1.85 bits per heavy atom. The predicted molar refractivity (Wildman–Crippen MR) is 68.2 cm³/mol. The van der Waals surface area contributed by atoms with E-state index < -0.39 is 28.6 Å². The van der Waals surface area contributed by atoms with E-state index in [9.17, 15) is 9.59 Å². The van der Waals surface area contributed by atoms with Crippen LogP contribution in [0, 0.1) is 28.6 Å². The van der Waals surface area contributed by atoms with E-state index in [1.54, 1.807) is 0 Å². The summed E-state index contributed by atoms with van der Waals surface area (Å²) < 4.78 is 11.1. The highest BCUT2D eigenvalue weighted by atomic mass is 16.6. The molecular formula is C15H19NO4. The summed E-state index contributed by atoms with van der Waals surface area (Å²) >= 11 is 0. The van der Waals surface area contributed by atoms with Crippen LogP contribution in [0.1, 0.15) is 46.5 Å². The lowest BCUT2D eigenvalue weighted by molar-refractivity contribution is -0.249. The molecule has 3 fully saturated rings. The highest BCUT2D eigenvalue weighted by molar-refractivity contribution is 6.02. The number of cyclic esters (lactones) is 1. The van der Waals surface area contributed by atoms with Crippen LogP contribution in [0.5, 0.6) is 0 Å². The van der Waals surface area contributed by atoms with Crippen LogP contribution in [0.3, 0.4) is 0 Å². The van der Waals surface area contributed by atoms with Crippen LogP contribution < -0.4 is 0 Å². The predicted octanol–water partition coefficient (Wildman–Crippen LogP) is 1.95. The van der Waals surface area contributed by atoms with Crippen LogP contribution in [-0.2, 0) is 19.1 Å². The standard InChI is InChI=1S/C15H19NO4/c1-13(2)9-4-5-14(3)8-10(9)15(6-7-16,11(17)19-13)12(18)20-14/h9-10H,4-6,8H2,1-3H3. The molecule has 5 heteroatoms. The fourth-order valence-electron chi connectivity index (χ4n) is 4.32. The molecule has 0 radical (unpaired) electrons.